The molecule has 20 heavy (non-hydrogen) atoms. The number of carbonyl (C=O) groups excluding carboxylic acids is 1. The average molecular weight is 269 g/mol. The van der Waals surface area contributed by atoms with Gasteiger partial charge in [0, 0.05) is 5.56 Å². The van der Waals surface area contributed by atoms with Crippen LogP contribution in [0.5, 0.6) is 11.5 Å². The van der Waals surface area contributed by atoms with Crippen LogP contribution in [0.25, 0.3) is 0 Å². The van der Waals surface area contributed by atoms with Crippen LogP contribution in [0, 0.1) is 13.8 Å². The molecule has 2 aromatic carbocycles. The Balaban J connectivity index is 2.21. The Morgan fingerprint density at radius 3 is 2.70 bits per heavy atom. The van der Waals surface area contributed by atoms with Crippen LogP contribution in [0.15, 0.2) is 41.4 Å². The second-order valence-electron chi connectivity index (χ2n) is 4.52. The Morgan fingerprint density at radius 2 is 1.95 bits per heavy atom. The number of phenolic OH excluding ortho intramolecular Hbond substituents is 1. The maximum absolute atomic E-state index is 10.4. The first kappa shape index (κ1) is 13.8. The number of rotatable bonds is 4. The van der Waals surface area contributed by atoms with E-state index in [0.717, 1.165) is 16.7 Å². The number of aliphatic imine (C=N–C) groups is 1. The van der Waals surface area contributed by atoms with Crippen molar-refractivity contribution in [2.75, 3.05) is 0 Å². The first-order valence-corrected chi connectivity index (χ1v) is 6.20. The minimum Gasteiger partial charge on any atom is -0.508 e. The van der Waals surface area contributed by atoms with Crippen molar-refractivity contribution < 1.29 is 14.6 Å². The first-order valence-electron chi connectivity index (χ1n) is 6.20. The van der Waals surface area contributed by atoms with Gasteiger partial charge in [0.1, 0.15) is 18.1 Å². The van der Waals surface area contributed by atoms with Gasteiger partial charge in [-0.25, -0.2) is 4.79 Å². The molecule has 2 rings (SSSR count). The summed E-state index contributed by atoms with van der Waals surface area (Å²) in [6.45, 7) is 3.97. The molecule has 0 atom stereocenters. The summed E-state index contributed by atoms with van der Waals surface area (Å²) in [5, 5.41) is 9.61. The molecule has 0 amide bonds. The molecule has 0 bridgehead atoms. The van der Waals surface area contributed by atoms with E-state index in [2.05, 4.69) is 4.99 Å². The first-order chi connectivity index (χ1) is 9.61. The van der Waals surface area contributed by atoms with E-state index in [1.165, 1.54) is 6.08 Å². The summed E-state index contributed by atoms with van der Waals surface area (Å²) < 4.78 is 5.74. The molecule has 2 aromatic rings. The molecule has 0 aromatic heterocycles. The lowest BCUT2D eigenvalue weighted by molar-refractivity contribution is 0.303. The van der Waals surface area contributed by atoms with Gasteiger partial charge in [-0.1, -0.05) is 18.2 Å². The summed E-state index contributed by atoms with van der Waals surface area (Å²) in [5.74, 6) is 0.950. The number of ether oxygens (including phenoxy) is 1. The van der Waals surface area contributed by atoms with Crippen LogP contribution in [0.4, 0.5) is 5.69 Å². The number of phenols is 1. The van der Waals surface area contributed by atoms with E-state index < -0.39 is 0 Å². The van der Waals surface area contributed by atoms with E-state index in [1.807, 2.05) is 26.0 Å². The van der Waals surface area contributed by atoms with Crippen LogP contribution in [0.1, 0.15) is 16.7 Å². The zero-order valence-corrected chi connectivity index (χ0v) is 11.4. The fraction of sp³-hybridized carbons (Fsp3) is 0.188. The SMILES string of the molecule is Cc1cc(OCc2ccccc2N=C=O)c(C)cc1O. The van der Waals surface area contributed by atoms with Crippen molar-refractivity contribution in [2.24, 2.45) is 4.99 Å². The van der Waals surface area contributed by atoms with E-state index in [-0.39, 0.29) is 5.75 Å². The lowest BCUT2D eigenvalue weighted by atomic mass is 10.1. The predicted octanol–water partition coefficient (Wildman–Crippen LogP) is 3.56. The number of nitrogens with zero attached hydrogens (tertiary/aromatic N) is 1. The number of aromatic hydroxyl groups is 1. The fourth-order valence-corrected chi connectivity index (χ4v) is 1.88. The number of hydrogen-bond acceptors (Lipinski definition) is 4. The fourth-order valence-electron chi connectivity index (χ4n) is 1.88. The largest absolute Gasteiger partial charge is 0.508 e. The van der Waals surface area contributed by atoms with Gasteiger partial charge >= 0.3 is 0 Å². The van der Waals surface area contributed by atoms with Gasteiger partial charge in [0.2, 0.25) is 6.08 Å². The highest BCUT2D eigenvalue weighted by Crippen LogP contribution is 2.28. The van der Waals surface area contributed by atoms with Gasteiger partial charge in [0.05, 0.1) is 5.69 Å². The van der Waals surface area contributed by atoms with Gasteiger partial charge in [0.15, 0.2) is 0 Å². The molecule has 4 heteroatoms. The van der Waals surface area contributed by atoms with Crippen LogP contribution in [0.3, 0.4) is 0 Å². The van der Waals surface area contributed by atoms with Crippen molar-refractivity contribution in [1.29, 1.82) is 0 Å². The second kappa shape index (κ2) is 6.04. The smallest absolute Gasteiger partial charge is 0.240 e. The third-order valence-corrected chi connectivity index (χ3v) is 3.03. The summed E-state index contributed by atoms with van der Waals surface area (Å²) in [5.41, 5.74) is 2.96. The number of benzene rings is 2. The molecule has 0 saturated heterocycles. The monoisotopic (exact) mass is 269 g/mol. The van der Waals surface area contributed by atoms with Gasteiger partial charge in [-0.3, -0.25) is 0 Å². The van der Waals surface area contributed by atoms with E-state index in [9.17, 15) is 9.90 Å². The lowest BCUT2D eigenvalue weighted by Crippen LogP contribution is -1.98. The minimum absolute atomic E-state index is 0.251. The summed E-state index contributed by atoms with van der Waals surface area (Å²) in [6, 6.07) is 10.7. The van der Waals surface area contributed by atoms with Crippen LogP contribution in [0.2, 0.25) is 0 Å². The van der Waals surface area contributed by atoms with E-state index >= 15 is 0 Å². The Bertz CT molecular complexity index is 673. The third kappa shape index (κ3) is 3.05. The molecule has 0 aliphatic heterocycles. The quantitative estimate of drug-likeness (QED) is 0.682. The third-order valence-electron chi connectivity index (χ3n) is 3.03. The van der Waals surface area contributed by atoms with Crippen molar-refractivity contribution >= 4 is 11.8 Å². The molecule has 102 valence electrons. The van der Waals surface area contributed by atoms with Gasteiger partial charge in [-0.2, -0.15) is 4.99 Å². The highest BCUT2D eigenvalue weighted by Gasteiger charge is 2.06. The number of para-hydroxylation sites is 1. The maximum Gasteiger partial charge on any atom is 0.240 e. The van der Waals surface area contributed by atoms with Gasteiger partial charge < -0.3 is 9.84 Å². The van der Waals surface area contributed by atoms with Gasteiger partial charge in [-0.15, -0.1) is 0 Å². The van der Waals surface area contributed by atoms with Gasteiger partial charge in [0.25, 0.3) is 0 Å². The second-order valence-corrected chi connectivity index (χ2v) is 4.52. The summed E-state index contributed by atoms with van der Waals surface area (Å²) in [7, 11) is 0. The molecule has 0 unspecified atom stereocenters. The van der Waals surface area contributed by atoms with E-state index in [1.54, 1.807) is 24.3 Å². The molecule has 0 aliphatic rings. The molecule has 0 spiro atoms. The van der Waals surface area contributed by atoms with Crippen LogP contribution in [-0.4, -0.2) is 11.2 Å². The Labute approximate surface area is 117 Å². The average Bonchev–Trinajstić information content (AvgIpc) is 2.43. The molecule has 0 heterocycles. The molecule has 0 aliphatic carbocycles. The highest BCUT2D eigenvalue weighted by atomic mass is 16.5. The van der Waals surface area contributed by atoms with Crippen LogP contribution >= 0.6 is 0 Å². The maximum atomic E-state index is 10.4. The summed E-state index contributed by atoms with van der Waals surface area (Å²) >= 11 is 0. The molecular weight excluding hydrogens is 254 g/mol. The molecular formula is C16H15NO3. The minimum atomic E-state index is 0.251. The zero-order chi connectivity index (χ0) is 14.5. The standard InChI is InChI=1S/C16H15NO3/c1-11-8-16(12(2)7-15(11)19)20-9-13-5-3-4-6-14(13)17-10-18/h3-8,19H,9H2,1-2H3. The van der Waals surface area contributed by atoms with E-state index in [0.29, 0.717) is 18.0 Å². The van der Waals surface area contributed by atoms with Crippen molar-refractivity contribution in [3.8, 4) is 11.5 Å². The number of aryl methyl sites for hydroxylation is 2. The van der Waals surface area contributed by atoms with Crippen molar-refractivity contribution in [1.82, 2.24) is 0 Å². The molecule has 4 nitrogen and oxygen atoms in total. The highest BCUT2D eigenvalue weighted by molar-refractivity contribution is 5.53. The Hall–Kier alpha value is -2.58. The topological polar surface area (TPSA) is 58.9 Å². The van der Waals surface area contributed by atoms with Crippen LogP contribution in [-0.2, 0) is 11.4 Å². The normalized spacial score (nSPS) is 9.90. The van der Waals surface area contributed by atoms with Crippen LogP contribution < -0.4 is 4.74 Å². The van der Waals surface area contributed by atoms with Crippen molar-refractivity contribution in [2.45, 2.75) is 20.5 Å². The van der Waals surface area contributed by atoms with Gasteiger partial charge in [-0.05, 0) is 43.2 Å². The Kier molecular flexibility index (Phi) is 4.18. The molecule has 0 saturated carbocycles. The molecule has 0 fully saturated rings. The summed E-state index contributed by atoms with van der Waals surface area (Å²) in [6.07, 6.45) is 1.54. The van der Waals surface area contributed by atoms with E-state index in [4.69, 9.17) is 4.74 Å². The number of isocyanates is 1. The molecule has 1 N–H and O–H groups in total. The molecule has 0 radical (unpaired) electrons. The lowest BCUT2D eigenvalue weighted by Gasteiger charge is -2.12. The van der Waals surface area contributed by atoms with Crippen molar-refractivity contribution in [3.63, 3.8) is 0 Å². The predicted molar refractivity (Wildman–Crippen MR) is 76.1 cm³/mol. The summed E-state index contributed by atoms with van der Waals surface area (Å²) in [4.78, 5) is 14.0. The Morgan fingerprint density at radius 1 is 1.20 bits per heavy atom. The zero-order valence-electron chi connectivity index (χ0n) is 11.4. The van der Waals surface area contributed by atoms with Crippen molar-refractivity contribution in [3.05, 3.63) is 53.1 Å². The number of hydrogen-bond donors (Lipinski definition) is 1.